The first-order chi connectivity index (χ1) is 5.27. The summed E-state index contributed by atoms with van der Waals surface area (Å²) in [6.45, 7) is 3.10. The first kappa shape index (κ1) is 10.8. The van der Waals surface area contributed by atoms with E-state index in [2.05, 4.69) is 0 Å². The van der Waals surface area contributed by atoms with E-state index in [-0.39, 0.29) is 6.61 Å². The van der Waals surface area contributed by atoms with Gasteiger partial charge in [0.15, 0.2) is 6.29 Å². The van der Waals surface area contributed by atoms with Gasteiger partial charge in [-0.15, -0.1) is 0 Å². The second kappa shape index (κ2) is 7.94. The third kappa shape index (κ3) is 9.84. The minimum atomic E-state index is -0.726. The van der Waals surface area contributed by atoms with Gasteiger partial charge in [-0.05, 0) is 13.3 Å². The number of aliphatic hydroxyl groups is 2. The van der Waals surface area contributed by atoms with E-state index >= 15 is 0 Å². The van der Waals surface area contributed by atoms with Crippen molar-refractivity contribution in [2.75, 3.05) is 26.4 Å². The van der Waals surface area contributed by atoms with Crippen LogP contribution in [0, 0.1) is 0 Å². The Labute approximate surface area is 66.7 Å². The van der Waals surface area contributed by atoms with Crippen LogP contribution in [0.4, 0.5) is 0 Å². The Morgan fingerprint density at radius 1 is 1.27 bits per heavy atom. The van der Waals surface area contributed by atoms with Crippen molar-refractivity contribution in [3.63, 3.8) is 0 Å². The van der Waals surface area contributed by atoms with E-state index in [1.54, 1.807) is 6.92 Å². The standard InChI is InChI=1S/C7H16O4/c1-7(9)11-6-5-10-4-2-3-8/h7-9H,2-6H2,1H3. The summed E-state index contributed by atoms with van der Waals surface area (Å²) in [6, 6.07) is 0. The van der Waals surface area contributed by atoms with Crippen molar-refractivity contribution in [1.82, 2.24) is 0 Å². The maximum atomic E-state index is 8.64. The molecule has 2 N–H and O–H groups in total. The summed E-state index contributed by atoms with van der Waals surface area (Å²) in [7, 11) is 0. The number of hydrogen-bond acceptors (Lipinski definition) is 4. The van der Waals surface area contributed by atoms with Gasteiger partial charge >= 0.3 is 0 Å². The van der Waals surface area contributed by atoms with E-state index in [4.69, 9.17) is 19.7 Å². The molecule has 0 aromatic carbocycles. The van der Waals surface area contributed by atoms with Gasteiger partial charge in [0.1, 0.15) is 0 Å². The van der Waals surface area contributed by atoms with Gasteiger partial charge in [0.2, 0.25) is 0 Å². The SMILES string of the molecule is CC(O)OCCOCCCO. The lowest BCUT2D eigenvalue weighted by molar-refractivity contribution is -0.0997. The van der Waals surface area contributed by atoms with Crippen LogP contribution in [0.3, 0.4) is 0 Å². The van der Waals surface area contributed by atoms with Gasteiger partial charge in [-0.3, -0.25) is 0 Å². The molecule has 0 aliphatic carbocycles. The molecule has 0 spiro atoms. The highest BCUT2D eigenvalue weighted by atomic mass is 16.6. The first-order valence-corrected chi connectivity index (χ1v) is 3.75. The molecule has 0 aliphatic heterocycles. The van der Waals surface area contributed by atoms with Gasteiger partial charge in [-0.2, -0.15) is 0 Å². The van der Waals surface area contributed by atoms with Crippen LogP contribution >= 0.6 is 0 Å². The third-order valence-corrected chi connectivity index (χ3v) is 1.03. The Kier molecular flexibility index (Phi) is 7.83. The number of ether oxygens (including phenoxy) is 2. The lowest BCUT2D eigenvalue weighted by Crippen LogP contribution is -2.12. The molecule has 1 atom stereocenters. The van der Waals surface area contributed by atoms with Crippen molar-refractivity contribution in [1.29, 1.82) is 0 Å². The van der Waals surface area contributed by atoms with E-state index < -0.39 is 6.29 Å². The Morgan fingerprint density at radius 2 is 2.00 bits per heavy atom. The number of aliphatic hydroxyl groups excluding tert-OH is 2. The number of rotatable bonds is 7. The van der Waals surface area contributed by atoms with Gasteiger partial charge in [0.25, 0.3) is 0 Å². The monoisotopic (exact) mass is 164 g/mol. The minimum Gasteiger partial charge on any atom is -0.396 e. The van der Waals surface area contributed by atoms with Gasteiger partial charge in [0, 0.05) is 13.2 Å². The van der Waals surface area contributed by atoms with E-state index in [0.717, 1.165) is 0 Å². The van der Waals surface area contributed by atoms with Gasteiger partial charge in [-0.25, -0.2) is 0 Å². The Balaban J connectivity index is 2.80. The van der Waals surface area contributed by atoms with Crippen molar-refractivity contribution in [2.45, 2.75) is 19.6 Å². The fourth-order valence-corrected chi connectivity index (χ4v) is 0.546. The quantitative estimate of drug-likeness (QED) is 0.402. The van der Waals surface area contributed by atoms with Crippen LogP contribution in [0.5, 0.6) is 0 Å². The molecule has 4 heteroatoms. The fourth-order valence-electron chi connectivity index (χ4n) is 0.546. The van der Waals surface area contributed by atoms with Crippen LogP contribution in [-0.2, 0) is 9.47 Å². The Morgan fingerprint density at radius 3 is 2.55 bits per heavy atom. The van der Waals surface area contributed by atoms with Gasteiger partial charge < -0.3 is 19.7 Å². The summed E-state index contributed by atoms with van der Waals surface area (Å²) in [4.78, 5) is 0. The molecule has 0 amide bonds. The first-order valence-electron chi connectivity index (χ1n) is 3.75. The van der Waals surface area contributed by atoms with Crippen LogP contribution in [-0.4, -0.2) is 42.9 Å². The van der Waals surface area contributed by atoms with Gasteiger partial charge in [0.05, 0.1) is 13.2 Å². The average Bonchev–Trinajstić information content (AvgIpc) is 1.96. The number of hydrogen-bond donors (Lipinski definition) is 2. The summed E-state index contributed by atoms with van der Waals surface area (Å²) in [5.41, 5.74) is 0. The Bertz CT molecular complexity index is 74.8. The molecule has 0 saturated heterocycles. The molecular weight excluding hydrogens is 148 g/mol. The zero-order chi connectivity index (χ0) is 8.53. The Hall–Kier alpha value is -0.160. The molecule has 0 fully saturated rings. The van der Waals surface area contributed by atoms with Crippen molar-refractivity contribution < 1.29 is 19.7 Å². The summed E-state index contributed by atoms with van der Waals surface area (Å²) in [5.74, 6) is 0. The predicted molar refractivity (Wildman–Crippen MR) is 40.2 cm³/mol. The molecule has 0 aromatic heterocycles. The molecule has 0 saturated carbocycles. The maximum absolute atomic E-state index is 8.64. The lowest BCUT2D eigenvalue weighted by atomic mass is 10.5. The van der Waals surface area contributed by atoms with Crippen LogP contribution < -0.4 is 0 Å². The van der Waals surface area contributed by atoms with Crippen molar-refractivity contribution in [3.05, 3.63) is 0 Å². The van der Waals surface area contributed by atoms with Gasteiger partial charge in [-0.1, -0.05) is 0 Å². The summed E-state index contributed by atoms with van der Waals surface area (Å²) >= 11 is 0. The average molecular weight is 164 g/mol. The van der Waals surface area contributed by atoms with E-state index in [9.17, 15) is 0 Å². The fraction of sp³-hybridized carbons (Fsp3) is 1.00. The summed E-state index contributed by atoms with van der Waals surface area (Å²) in [5, 5.41) is 17.0. The minimum absolute atomic E-state index is 0.150. The normalized spacial score (nSPS) is 13.4. The summed E-state index contributed by atoms with van der Waals surface area (Å²) in [6.07, 6.45) is -0.0780. The highest BCUT2D eigenvalue weighted by Gasteiger charge is 1.93. The van der Waals surface area contributed by atoms with Crippen LogP contribution in [0.25, 0.3) is 0 Å². The second-order valence-electron chi connectivity index (χ2n) is 2.16. The molecule has 11 heavy (non-hydrogen) atoms. The van der Waals surface area contributed by atoms with Crippen LogP contribution in [0.2, 0.25) is 0 Å². The largest absolute Gasteiger partial charge is 0.396 e. The molecule has 0 aliphatic rings. The molecule has 1 unspecified atom stereocenters. The molecule has 4 nitrogen and oxygen atoms in total. The predicted octanol–water partition coefficient (Wildman–Crippen LogP) is -0.260. The van der Waals surface area contributed by atoms with Crippen LogP contribution in [0.1, 0.15) is 13.3 Å². The zero-order valence-corrected chi connectivity index (χ0v) is 6.82. The highest BCUT2D eigenvalue weighted by Crippen LogP contribution is 1.85. The summed E-state index contributed by atoms with van der Waals surface area (Å²) < 4.78 is 9.82. The highest BCUT2D eigenvalue weighted by molar-refractivity contribution is 4.33. The zero-order valence-electron chi connectivity index (χ0n) is 6.82. The molecule has 0 aromatic rings. The topological polar surface area (TPSA) is 58.9 Å². The molecule has 0 bridgehead atoms. The van der Waals surface area contributed by atoms with E-state index in [1.165, 1.54) is 0 Å². The van der Waals surface area contributed by atoms with Crippen LogP contribution in [0.15, 0.2) is 0 Å². The second-order valence-corrected chi connectivity index (χ2v) is 2.16. The molecule has 0 rings (SSSR count). The third-order valence-electron chi connectivity index (χ3n) is 1.03. The molecular formula is C7H16O4. The van der Waals surface area contributed by atoms with Crippen molar-refractivity contribution >= 4 is 0 Å². The van der Waals surface area contributed by atoms with E-state index in [0.29, 0.717) is 26.2 Å². The lowest BCUT2D eigenvalue weighted by Gasteiger charge is -2.06. The molecule has 0 radical (unpaired) electrons. The maximum Gasteiger partial charge on any atom is 0.151 e. The smallest absolute Gasteiger partial charge is 0.151 e. The van der Waals surface area contributed by atoms with E-state index in [1.807, 2.05) is 0 Å². The van der Waals surface area contributed by atoms with Crippen molar-refractivity contribution in [2.24, 2.45) is 0 Å². The molecule has 68 valence electrons. The van der Waals surface area contributed by atoms with Crippen molar-refractivity contribution in [3.8, 4) is 0 Å². The molecule has 0 heterocycles.